The van der Waals surface area contributed by atoms with Crippen molar-refractivity contribution in [2.24, 2.45) is 13.0 Å². The zero-order valence-electron chi connectivity index (χ0n) is 13.9. The predicted octanol–water partition coefficient (Wildman–Crippen LogP) is 0.643. The number of imidazole rings is 1. The highest BCUT2D eigenvalue weighted by Gasteiger charge is 2.28. The lowest BCUT2D eigenvalue weighted by atomic mass is 9.97. The number of hydrogen-bond acceptors (Lipinski definition) is 5. The van der Waals surface area contributed by atoms with Crippen molar-refractivity contribution < 1.29 is 14.3 Å². The van der Waals surface area contributed by atoms with Gasteiger partial charge in [0.2, 0.25) is 11.8 Å². The van der Waals surface area contributed by atoms with E-state index in [2.05, 4.69) is 10.3 Å². The second kappa shape index (κ2) is 8.35. The van der Waals surface area contributed by atoms with Gasteiger partial charge in [0.05, 0.1) is 24.4 Å². The van der Waals surface area contributed by atoms with Gasteiger partial charge in [-0.3, -0.25) is 9.59 Å². The van der Waals surface area contributed by atoms with Crippen molar-refractivity contribution in [1.82, 2.24) is 19.8 Å². The summed E-state index contributed by atoms with van der Waals surface area (Å²) in [4.78, 5) is 30.3. The van der Waals surface area contributed by atoms with Crippen molar-refractivity contribution in [1.29, 1.82) is 0 Å². The number of methoxy groups -OCH3 is 1. The van der Waals surface area contributed by atoms with Gasteiger partial charge in [-0.1, -0.05) is 11.8 Å². The molecule has 23 heavy (non-hydrogen) atoms. The van der Waals surface area contributed by atoms with Crippen LogP contribution in [-0.4, -0.2) is 59.3 Å². The van der Waals surface area contributed by atoms with Crippen LogP contribution in [0, 0.1) is 5.92 Å². The first-order valence-corrected chi connectivity index (χ1v) is 8.88. The van der Waals surface area contributed by atoms with Gasteiger partial charge in [-0.2, -0.15) is 0 Å². The number of ether oxygens (including phenoxy) is 1. The van der Waals surface area contributed by atoms with Crippen LogP contribution in [0.3, 0.4) is 0 Å². The minimum atomic E-state index is -0.155. The van der Waals surface area contributed by atoms with E-state index in [-0.39, 0.29) is 24.3 Å². The van der Waals surface area contributed by atoms with E-state index in [1.165, 1.54) is 7.11 Å². The number of rotatable bonds is 6. The van der Waals surface area contributed by atoms with Gasteiger partial charge in [0.1, 0.15) is 6.61 Å². The number of likely N-dealkylation sites (tertiary alicyclic amines) is 1. The topological polar surface area (TPSA) is 76.5 Å². The van der Waals surface area contributed by atoms with Crippen molar-refractivity contribution in [3.63, 3.8) is 0 Å². The van der Waals surface area contributed by atoms with Gasteiger partial charge in [-0.15, -0.1) is 0 Å². The molecule has 2 amide bonds. The number of piperidine rings is 1. The van der Waals surface area contributed by atoms with Crippen LogP contribution < -0.4 is 5.32 Å². The van der Waals surface area contributed by atoms with E-state index in [0.29, 0.717) is 19.6 Å². The molecule has 2 rings (SSSR count). The van der Waals surface area contributed by atoms with Crippen molar-refractivity contribution >= 4 is 23.6 Å². The Morgan fingerprint density at radius 1 is 1.52 bits per heavy atom. The first kappa shape index (κ1) is 17.8. The van der Waals surface area contributed by atoms with E-state index < -0.39 is 0 Å². The summed E-state index contributed by atoms with van der Waals surface area (Å²) in [5.41, 5.74) is 0.964. The first-order valence-electron chi connectivity index (χ1n) is 7.65. The Morgan fingerprint density at radius 2 is 2.30 bits per heavy atom. The van der Waals surface area contributed by atoms with Crippen molar-refractivity contribution in [2.45, 2.75) is 24.5 Å². The van der Waals surface area contributed by atoms with Crippen molar-refractivity contribution in [3.8, 4) is 0 Å². The largest absolute Gasteiger partial charge is 0.375 e. The molecule has 0 radical (unpaired) electrons. The molecule has 1 N–H and O–H groups in total. The molecule has 7 nitrogen and oxygen atoms in total. The molecule has 128 valence electrons. The minimum Gasteiger partial charge on any atom is -0.375 e. The maximum Gasteiger partial charge on any atom is 0.248 e. The zero-order valence-corrected chi connectivity index (χ0v) is 14.7. The minimum absolute atomic E-state index is 0.00758. The van der Waals surface area contributed by atoms with E-state index in [9.17, 15) is 9.59 Å². The molecule has 1 saturated heterocycles. The highest BCUT2D eigenvalue weighted by molar-refractivity contribution is 7.98. The van der Waals surface area contributed by atoms with Crippen molar-refractivity contribution in [2.75, 3.05) is 33.1 Å². The Labute approximate surface area is 140 Å². The van der Waals surface area contributed by atoms with Gasteiger partial charge in [-0.05, 0) is 19.1 Å². The maximum absolute atomic E-state index is 12.4. The molecular weight excluding hydrogens is 316 g/mol. The molecule has 1 aliphatic heterocycles. The number of carbonyl (C=O) groups excluding carboxylic acids is 2. The number of nitrogens with zero attached hydrogens (tertiary/aromatic N) is 3. The number of carbonyl (C=O) groups is 2. The standard InChI is InChI=1S/C15H24N4O3S/c1-18-12(8-17-15(18)23-3)7-16-14(21)11-5-4-6-19(9-11)13(20)10-22-2/h8,11H,4-7,9-10H2,1-3H3,(H,16,21)/t11-/m1/s1. The maximum atomic E-state index is 12.4. The van der Waals surface area contributed by atoms with E-state index in [1.54, 1.807) is 22.9 Å². The average Bonchev–Trinajstić information content (AvgIpc) is 2.93. The lowest BCUT2D eigenvalue weighted by molar-refractivity contribution is -0.139. The quantitative estimate of drug-likeness (QED) is 0.769. The van der Waals surface area contributed by atoms with Crippen LogP contribution in [0.4, 0.5) is 0 Å². The lowest BCUT2D eigenvalue weighted by Gasteiger charge is -2.31. The fraction of sp³-hybridized carbons (Fsp3) is 0.667. The van der Waals surface area contributed by atoms with Crippen LogP contribution in [0.5, 0.6) is 0 Å². The van der Waals surface area contributed by atoms with Crippen LogP contribution in [-0.2, 0) is 27.9 Å². The van der Waals surface area contributed by atoms with E-state index in [4.69, 9.17) is 4.74 Å². The van der Waals surface area contributed by atoms with Gasteiger partial charge in [0.15, 0.2) is 5.16 Å². The molecule has 2 heterocycles. The summed E-state index contributed by atoms with van der Waals surface area (Å²) in [5, 5.41) is 3.88. The summed E-state index contributed by atoms with van der Waals surface area (Å²) in [6.45, 7) is 1.69. The molecule has 1 atom stereocenters. The normalized spacial score (nSPS) is 18.0. The Morgan fingerprint density at radius 3 is 2.96 bits per heavy atom. The van der Waals surface area contributed by atoms with E-state index >= 15 is 0 Å². The lowest BCUT2D eigenvalue weighted by Crippen LogP contribution is -2.46. The summed E-state index contributed by atoms with van der Waals surface area (Å²) in [6, 6.07) is 0. The molecule has 0 unspecified atom stereocenters. The van der Waals surface area contributed by atoms with Crippen LogP contribution in [0.1, 0.15) is 18.5 Å². The van der Waals surface area contributed by atoms with Gasteiger partial charge in [-0.25, -0.2) is 4.98 Å². The fourth-order valence-electron chi connectivity index (χ4n) is 2.73. The Kier molecular flexibility index (Phi) is 6.47. The Hall–Kier alpha value is -1.54. The molecule has 0 bridgehead atoms. The molecule has 0 spiro atoms. The number of amides is 2. The van der Waals surface area contributed by atoms with Gasteiger partial charge in [0.25, 0.3) is 0 Å². The highest BCUT2D eigenvalue weighted by atomic mass is 32.2. The SMILES string of the molecule is COCC(=O)N1CCC[C@@H](C(=O)NCc2cnc(SC)n2C)C1. The molecule has 1 aliphatic rings. The number of hydrogen-bond donors (Lipinski definition) is 1. The van der Waals surface area contributed by atoms with Crippen LogP contribution in [0.25, 0.3) is 0 Å². The number of thioether (sulfide) groups is 1. The van der Waals surface area contributed by atoms with Crippen LogP contribution in [0.15, 0.2) is 11.4 Å². The summed E-state index contributed by atoms with van der Waals surface area (Å²) in [7, 11) is 3.44. The summed E-state index contributed by atoms with van der Waals surface area (Å²) in [6.07, 6.45) is 5.40. The highest BCUT2D eigenvalue weighted by Crippen LogP contribution is 2.18. The smallest absolute Gasteiger partial charge is 0.248 e. The molecular formula is C15H24N4O3S. The third-order valence-electron chi connectivity index (χ3n) is 4.08. The van der Waals surface area contributed by atoms with E-state index in [0.717, 1.165) is 23.7 Å². The molecule has 1 aromatic heterocycles. The number of aromatic nitrogens is 2. The third kappa shape index (κ3) is 4.48. The second-order valence-electron chi connectivity index (χ2n) is 5.62. The van der Waals surface area contributed by atoms with Gasteiger partial charge >= 0.3 is 0 Å². The summed E-state index contributed by atoms with van der Waals surface area (Å²) >= 11 is 1.57. The molecule has 8 heteroatoms. The van der Waals surface area contributed by atoms with Gasteiger partial charge < -0.3 is 19.5 Å². The van der Waals surface area contributed by atoms with Crippen LogP contribution in [0.2, 0.25) is 0 Å². The zero-order chi connectivity index (χ0) is 16.8. The first-order chi connectivity index (χ1) is 11.1. The average molecular weight is 340 g/mol. The third-order valence-corrected chi connectivity index (χ3v) is 4.83. The molecule has 1 aromatic rings. The molecule has 0 aliphatic carbocycles. The summed E-state index contributed by atoms with van der Waals surface area (Å²) < 4.78 is 6.85. The predicted molar refractivity (Wildman–Crippen MR) is 88.0 cm³/mol. The molecule has 0 aromatic carbocycles. The molecule has 1 fully saturated rings. The number of nitrogens with one attached hydrogen (secondary N) is 1. The van der Waals surface area contributed by atoms with E-state index in [1.807, 2.05) is 17.9 Å². The van der Waals surface area contributed by atoms with Crippen LogP contribution >= 0.6 is 11.8 Å². The molecule has 0 saturated carbocycles. The Bertz CT molecular complexity index is 561. The monoisotopic (exact) mass is 340 g/mol. The van der Waals surface area contributed by atoms with Gasteiger partial charge in [0, 0.05) is 27.2 Å². The Balaban J connectivity index is 1.87. The fourth-order valence-corrected chi connectivity index (χ4v) is 3.28. The second-order valence-corrected chi connectivity index (χ2v) is 6.40. The summed E-state index contributed by atoms with van der Waals surface area (Å²) in [5.74, 6) is -0.217. The van der Waals surface area contributed by atoms with Crippen molar-refractivity contribution in [3.05, 3.63) is 11.9 Å².